The Bertz CT molecular complexity index is 619. The number of hydrogen-bond acceptors (Lipinski definition) is 8. The zero-order valence-corrected chi connectivity index (χ0v) is 9.61. The van der Waals surface area contributed by atoms with Gasteiger partial charge in [0.1, 0.15) is 11.9 Å². The monoisotopic (exact) mass is 260 g/mol. The quantitative estimate of drug-likeness (QED) is 0.619. The van der Waals surface area contributed by atoms with E-state index >= 15 is 0 Å². The first-order valence-corrected chi connectivity index (χ1v) is 5.25. The van der Waals surface area contributed by atoms with Crippen LogP contribution in [0.4, 0.5) is 11.5 Å². The van der Waals surface area contributed by atoms with Gasteiger partial charge in [0, 0.05) is 19.0 Å². The number of anilines is 1. The molecule has 0 aliphatic heterocycles. The molecule has 0 atom stereocenters. The van der Waals surface area contributed by atoms with Crippen molar-refractivity contribution in [3.8, 4) is 6.07 Å². The van der Waals surface area contributed by atoms with Crippen LogP contribution in [0, 0.1) is 21.4 Å². The van der Waals surface area contributed by atoms with Crippen LogP contribution in [-0.2, 0) is 6.42 Å². The van der Waals surface area contributed by atoms with Crippen molar-refractivity contribution >= 4 is 11.5 Å². The molecule has 0 unspecified atom stereocenters. The van der Waals surface area contributed by atoms with Gasteiger partial charge in [-0.1, -0.05) is 5.16 Å². The molecule has 0 aliphatic carbocycles. The Hall–Kier alpha value is -3.02. The first-order valence-electron chi connectivity index (χ1n) is 5.25. The summed E-state index contributed by atoms with van der Waals surface area (Å²) in [5.74, 6) is 0.844. The molecule has 0 fully saturated rings. The van der Waals surface area contributed by atoms with Crippen LogP contribution in [0.1, 0.15) is 11.6 Å². The van der Waals surface area contributed by atoms with E-state index in [1.165, 1.54) is 18.5 Å². The summed E-state index contributed by atoms with van der Waals surface area (Å²) in [6.07, 6.45) is 1.79. The molecule has 0 amide bonds. The molecule has 1 N–H and O–H groups in total. The number of nitrogens with zero attached hydrogens (tertiary/aromatic N) is 5. The summed E-state index contributed by atoms with van der Waals surface area (Å²) < 4.78 is 4.80. The van der Waals surface area contributed by atoms with Gasteiger partial charge in [0.05, 0.1) is 4.92 Å². The molecule has 0 bridgehead atoms. The predicted octanol–water partition coefficient (Wildman–Crippen LogP) is 0.899. The van der Waals surface area contributed by atoms with Crippen LogP contribution >= 0.6 is 0 Å². The lowest BCUT2D eigenvalue weighted by Gasteiger charge is -2.03. The van der Waals surface area contributed by atoms with E-state index in [2.05, 4.69) is 20.4 Å². The highest BCUT2D eigenvalue weighted by molar-refractivity contribution is 5.50. The smallest absolute Gasteiger partial charge is 0.305 e. The van der Waals surface area contributed by atoms with E-state index in [0.717, 1.165) is 0 Å². The zero-order valence-electron chi connectivity index (χ0n) is 9.61. The molecule has 0 aliphatic rings. The second-order valence-electron chi connectivity index (χ2n) is 3.44. The Morgan fingerprint density at radius 2 is 2.37 bits per heavy atom. The number of nitriles is 1. The number of nitrogens with one attached hydrogen (secondary N) is 1. The molecular weight excluding hydrogens is 252 g/mol. The number of aromatic nitrogens is 3. The standard InChI is InChI=1S/C10H8N6O3/c11-5-7-8(16(17)18)1-2-9(15-7)12-4-3-10-13-6-14-19-10/h1-2,6H,3-4H2,(H,12,15). The molecule has 96 valence electrons. The minimum absolute atomic E-state index is 0.229. The van der Waals surface area contributed by atoms with Crippen molar-refractivity contribution in [2.45, 2.75) is 6.42 Å². The van der Waals surface area contributed by atoms with Gasteiger partial charge in [0.25, 0.3) is 0 Å². The average molecular weight is 260 g/mol. The lowest BCUT2D eigenvalue weighted by molar-refractivity contribution is -0.385. The fourth-order valence-corrected chi connectivity index (χ4v) is 1.38. The normalized spacial score (nSPS) is 9.84. The van der Waals surface area contributed by atoms with Gasteiger partial charge in [0.15, 0.2) is 6.33 Å². The Morgan fingerprint density at radius 3 is 3.00 bits per heavy atom. The maximum Gasteiger partial charge on any atom is 0.305 e. The Balaban J connectivity index is 2.01. The van der Waals surface area contributed by atoms with Gasteiger partial charge >= 0.3 is 5.69 Å². The van der Waals surface area contributed by atoms with Crippen molar-refractivity contribution in [1.29, 1.82) is 5.26 Å². The number of rotatable bonds is 5. The summed E-state index contributed by atoms with van der Waals surface area (Å²) in [6, 6.07) is 4.36. The lowest BCUT2D eigenvalue weighted by atomic mass is 10.3. The third-order valence-corrected chi connectivity index (χ3v) is 2.23. The molecule has 2 rings (SSSR count). The summed E-state index contributed by atoms with van der Waals surface area (Å²) in [6.45, 7) is 0.456. The van der Waals surface area contributed by atoms with Crippen molar-refractivity contribution in [1.82, 2.24) is 15.1 Å². The largest absolute Gasteiger partial charge is 0.370 e. The first kappa shape index (κ1) is 12.4. The summed E-state index contributed by atoms with van der Waals surface area (Å²) in [5.41, 5.74) is -0.544. The maximum absolute atomic E-state index is 10.6. The summed E-state index contributed by atoms with van der Waals surface area (Å²) in [4.78, 5) is 17.7. The van der Waals surface area contributed by atoms with Gasteiger partial charge in [-0.3, -0.25) is 10.1 Å². The van der Waals surface area contributed by atoms with Crippen molar-refractivity contribution < 1.29 is 9.45 Å². The van der Waals surface area contributed by atoms with Gasteiger partial charge in [-0.2, -0.15) is 10.2 Å². The Kier molecular flexibility index (Phi) is 3.63. The Labute approximate surface area is 107 Å². The van der Waals surface area contributed by atoms with Crippen molar-refractivity contribution in [2.24, 2.45) is 0 Å². The van der Waals surface area contributed by atoms with E-state index in [1.54, 1.807) is 6.07 Å². The summed E-state index contributed by atoms with van der Waals surface area (Å²) in [5, 5.41) is 25.8. The van der Waals surface area contributed by atoms with Crippen LogP contribution in [0.25, 0.3) is 0 Å². The molecule has 2 heterocycles. The van der Waals surface area contributed by atoms with E-state index < -0.39 is 4.92 Å². The molecule has 0 aromatic carbocycles. The van der Waals surface area contributed by atoms with Crippen LogP contribution in [0.3, 0.4) is 0 Å². The van der Waals surface area contributed by atoms with Crippen LogP contribution < -0.4 is 5.32 Å². The van der Waals surface area contributed by atoms with E-state index in [-0.39, 0.29) is 11.4 Å². The molecule has 9 nitrogen and oxygen atoms in total. The van der Waals surface area contributed by atoms with E-state index in [0.29, 0.717) is 24.7 Å². The van der Waals surface area contributed by atoms with Crippen LogP contribution in [0.15, 0.2) is 23.0 Å². The fraction of sp³-hybridized carbons (Fsp3) is 0.200. The van der Waals surface area contributed by atoms with Crippen LogP contribution in [0.5, 0.6) is 0 Å². The van der Waals surface area contributed by atoms with Gasteiger partial charge in [-0.15, -0.1) is 0 Å². The van der Waals surface area contributed by atoms with Crippen molar-refractivity contribution in [3.63, 3.8) is 0 Å². The van der Waals surface area contributed by atoms with E-state index in [9.17, 15) is 10.1 Å². The second kappa shape index (κ2) is 5.54. The highest BCUT2D eigenvalue weighted by atomic mass is 16.6. The molecule has 0 saturated carbocycles. The molecule has 2 aromatic heterocycles. The molecule has 2 aromatic rings. The van der Waals surface area contributed by atoms with Gasteiger partial charge in [0.2, 0.25) is 11.6 Å². The summed E-state index contributed by atoms with van der Waals surface area (Å²) >= 11 is 0. The van der Waals surface area contributed by atoms with Gasteiger partial charge in [-0.25, -0.2) is 4.98 Å². The number of hydrogen-bond donors (Lipinski definition) is 1. The number of nitro groups is 1. The molecule has 9 heteroatoms. The third-order valence-electron chi connectivity index (χ3n) is 2.23. The SMILES string of the molecule is N#Cc1nc(NCCc2ncno2)ccc1[N+](=O)[O-]. The lowest BCUT2D eigenvalue weighted by Crippen LogP contribution is -2.07. The molecular formula is C10H8N6O3. The van der Waals surface area contributed by atoms with Crippen LogP contribution in [-0.4, -0.2) is 26.6 Å². The third kappa shape index (κ3) is 3.01. The molecule has 0 spiro atoms. The maximum atomic E-state index is 10.6. The minimum Gasteiger partial charge on any atom is -0.370 e. The topological polar surface area (TPSA) is 131 Å². The molecule has 19 heavy (non-hydrogen) atoms. The highest BCUT2D eigenvalue weighted by Gasteiger charge is 2.15. The Morgan fingerprint density at radius 1 is 1.53 bits per heavy atom. The molecule has 0 saturated heterocycles. The summed E-state index contributed by atoms with van der Waals surface area (Å²) in [7, 11) is 0. The number of pyridine rings is 1. The van der Waals surface area contributed by atoms with E-state index in [4.69, 9.17) is 9.78 Å². The van der Waals surface area contributed by atoms with Gasteiger partial charge in [-0.05, 0) is 6.07 Å². The zero-order chi connectivity index (χ0) is 13.7. The van der Waals surface area contributed by atoms with Crippen molar-refractivity contribution in [2.75, 3.05) is 11.9 Å². The predicted molar refractivity (Wildman–Crippen MR) is 62.1 cm³/mol. The fourth-order valence-electron chi connectivity index (χ4n) is 1.38. The van der Waals surface area contributed by atoms with Crippen molar-refractivity contribution in [3.05, 3.63) is 40.2 Å². The molecule has 0 radical (unpaired) electrons. The highest BCUT2D eigenvalue weighted by Crippen LogP contribution is 2.17. The van der Waals surface area contributed by atoms with Crippen LogP contribution in [0.2, 0.25) is 0 Å². The van der Waals surface area contributed by atoms with Gasteiger partial charge < -0.3 is 9.84 Å². The van der Waals surface area contributed by atoms with E-state index in [1.807, 2.05) is 0 Å². The minimum atomic E-state index is -0.645. The average Bonchev–Trinajstić information content (AvgIpc) is 2.91. The second-order valence-corrected chi connectivity index (χ2v) is 3.44. The first-order chi connectivity index (χ1) is 9.20.